The second-order valence-corrected chi connectivity index (χ2v) is 6.70. The highest BCUT2D eigenvalue weighted by Gasteiger charge is 2.54. The van der Waals surface area contributed by atoms with E-state index in [9.17, 15) is 4.79 Å². The van der Waals surface area contributed by atoms with Crippen LogP contribution in [-0.2, 0) is 4.79 Å². The standard InChI is InChI=1S/C15H18INO/c1-9-12(16)7-4-8-13(9)17-15(18)14-10-5-2-3-6-11(10)14/h4,7-8,10-11,14H,2-3,5-6H2,1H3,(H,17,18). The summed E-state index contributed by atoms with van der Waals surface area (Å²) in [5.41, 5.74) is 2.16. The van der Waals surface area contributed by atoms with E-state index in [0.717, 1.165) is 5.69 Å². The molecule has 1 amide bonds. The summed E-state index contributed by atoms with van der Waals surface area (Å²) in [5.74, 6) is 1.91. The van der Waals surface area contributed by atoms with Crippen molar-refractivity contribution in [3.63, 3.8) is 0 Å². The molecule has 0 bridgehead atoms. The van der Waals surface area contributed by atoms with Gasteiger partial charge in [-0.15, -0.1) is 0 Å². The Bertz CT molecular complexity index is 473. The number of nitrogens with one attached hydrogen (secondary N) is 1. The number of carbonyl (C=O) groups is 1. The number of carbonyl (C=O) groups excluding carboxylic acids is 1. The van der Waals surface area contributed by atoms with Gasteiger partial charge >= 0.3 is 0 Å². The fourth-order valence-corrected chi connectivity index (χ4v) is 3.84. The van der Waals surface area contributed by atoms with Crippen molar-refractivity contribution in [3.05, 3.63) is 27.3 Å². The maximum Gasteiger partial charge on any atom is 0.228 e. The van der Waals surface area contributed by atoms with Crippen molar-refractivity contribution in [1.29, 1.82) is 0 Å². The summed E-state index contributed by atoms with van der Waals surface area (Å²) in [6, 6.07) is 6.08. The third-order valence-electron chi connectivity index (χ3n) is 4.48. The number of benzene rings is 1. The van der Waals surface area contributed by atoms with Crippen LogP contribution in [0.5, 0.6) is 0 Å². The van der Waals surface area contributed by atoms with Gasteiger partial charge in [-0.2, -0.15) is 0 Å². The van der Waals surface area contributed by atoms with Crippen LogP contribution in [0, 0.1) is 28.2 Å². The number of amides is 1. The minimum atomic E-state index is 0.247. The van der Waals surface area contributed by atoms with Crippen molar-refractivity contribution in [2.45, 2.75) is 32.6 Å². The fraction of sp³-hybridized carbons (Fsp3) is 0.533. The minimum Gasteiger partial charge on any atom is -0.326 e. The average Bonchev–Trinajstić information content (AvgIpc) is 3.09. The molecule has 3 heteroatoms. The van der Waals surface area contributed by atoms with Crippen molar-refractivity contribution >= 4 is 34.2 Å². The molecular formula is C15H18INO. The highest BCUT2D eigenvalue weighted by atomic mass is 127. The zero-order valence-electron chi connectivity index (χ0n) is 10.6. The first kappa shape index (κ1) is 12.5. The molecule has 1 aromatic rings. The molecule has 0 aliphatic heterocycles. The Labute approximate surface area is 122 Å². The molecule has 18 heavy (non-hydrogen) atoms. The Morgan fingerprint density at radius 1 is 1.28 bits per heavy atom. The first-order valence-electron chi connectivity index (χ1n) is 6.74. The normalized spacial score (nSPS) is 29.6. The van der Waals surface area contributed by atoms with Gasteiger partial charge < -0.3 is 5.32 Å². The van der Waals surface area contributed by atoms with Crippen molar-refractivity contribution in [2.24, 2.45) is 17.8 Å². The summed E-state index contributed by atoms with van der Waals surface area (Å²) in [4.78, 5) is 12.3. The summed E-state index contributed by atoms with van der Waals surface area (Å²) in [6.45, 7) is 2.07. The molecule has 3 rings (SSSR count). The Hall–Kier alpha value is -0.580. The van der Waals surface area contributed by atoms with Gasteiger partial charge in [0.05, 0.1) is 0 Å². The van der Waals surface area contributed by atoms with Crippen LogP contribution in [0.1, 0.15) is 31.2 Å². The second-order valence-electron chi connectivity index (χ2n) is 5.54. The highest BCUT2D eigenvalue weighted by Crippen LogP contribution is 2.55. The molecule has 2 aliphatic rings. The molecule has 2 fully saturated rings. The summed E-state index contributed by atoms with van der Waals surface area (Å²) in [6.07, 6.45) is 5.14. The van der Waals surface area contributed by atoms with E-state index in [4.69, 9.17) is 0 Å². The quantitative estimate of drug-likeness (QED) is 0.799. The molecule has 1 N–H and O–H groups in total. The zero-order chi connectivity index (χ0) is 12.7. The molecule has 2 nitrogen and oxygen atoms in total. The van der Waals surface area contributed by atoms with E-state index in [1.54, 1.807) is 0 Å². The number of fused-ring (bicyclic) bond motifs is 1. The Morgan fingerprint density at radius 2 is 1.94 bits per heavy atom. The molecular weight excluding hydrogens is 337 g/mol. The lowest BCUT2D eigenvalue weighted by Crippen LogP contribution is -2.16. The SMILES string of the molecule is Cc1c(I)cccc1NC(=O)C1C2CCCCC21. The van der Waals surface area contributed by atoms with Gasteiger partial charge in [0.15, 0.2) is 0 Å². The maximum atomic E-state index is 12.3. The second kappa shape index (κ2) is 4.83. The summed E-state index contributed by atoms with van der Waals surface area (Å²) in [7, 11) is 0. The Kier molecular flexibility index (Phi) is 3.34. The first-order valence-corrected chi connectivity index (χ1v) is 7.82. The number of hydrogen-bond donors (Lipinski definition) is 1. The summed E-state index contributed by atoms with van der Waals surface area (Å²) >= 11 is 2.31. The van der Waals surface area contributed by atoms with Crippen LogP contribution in [0.15, 0.2) is 18.2 Å². The lowest BCUT2D eigenvalue weighted by Gasteiger charge is -2.09. The lowest BCUT2D eigenvalue weighted by molar-refractivity contribution is -0.117. The van der Waals surface area contributed by atoms with Crippen LogP contribution in [0.2, 0.25) is 0 Å². The molecule has 2 atom stereocenters. The monoisotopic (exact) mass is 355 g/mol. The van der Waals surface area contributed by atoms with Crippen LogP contribution < -0.4 is 5.32 Å². The number of halogens is 1. The van der Waals surface area contributed by atoms with Gasteiger partial charge in [-0.3, -0.25) is 4.79 Å². The van der Waals surface area contributed by atoms with E-state index in [1.807, 2.05) is 12.1 Å². The van der Waals surface area contributed by atoms with Crippen molar-refractivity contribution in [3.8, 4) is 0 Å². The Balaban J connectivity index is 1.70. The largest absolute Gasteiger partial charge is 0.326 e. The first-order chi connectivity index (χ1) is 8.68. The summed E-state index contributed by atoms with van der Waals surface area (Å²) < 4.78 is 1.21. The van der Waals surface area contributed by atoms with Crippen LogP contribution >= 0.6 is 22.6 Å². The molecule has 2 saturated carbocycles. The third kappa shape index (κ3) is 2.17. The predicted octanol–water partition coefficient (Wildman–Crippen LogP) is 3.97. The van der Waals surface area contributed by atoms with Gasteiger partial charge in [-0.1, -0.05) is 18.9 Å². The van der Waals surface area contributed by atoms with Gasteiger partial charge in [0.2, 0.25) is 5.91 Å². The van der Waals surface area contributed by atoms with E-state index in [-0.39, 0.29) is 5.91 Å². The van der Waals surface area contributed by atoms with Gasteiger partial charge in [0, 0.05) is 15.2 Å². The van der Waals surface area contributed by atoms with E-state index < -0.39 is 0 Å². The number of rotatable bonds is 2. The van der Waals surface area contributed by atoms with Gasteiger partial charge in [-0.05, 0) is 71.9 Å². The van der Waals surface area contributed by atoms with Crippen molar-refractivity contribution in [1.82, 2.24) is 0 Å². The van der Waals surface area contributed by atoms with Crippen molar-refractivity contribution in [2.75, 3.05) is 5.32 Å². The van der Waals surface area contributed by atoms with E-state index >= 15 is 0 Å². The molecule has 2 aliphatic carbocycles. The highest BCUT2D eigenvalue weighted by molar-refractivity contribution is 14.1. The summed E-state index contributed by atoms with van der Waals surface area (Å²) in [5, 5.41) is 3.13. The maximum absolute atomic E-state index is 12.3. The average molecular weight is 355 g/mol. The Morgan fingerprint density at radius 3 is 2.61 bits per heavy atom. The smallest absolute Gasteiger partial charge is 0.228 e. The van der Waals surface area contributed by atoms with E-state index in [1.165, 1.54) is 34.8 Å². The van der Waals surface area contributed by atoms with Gasteiger partial charge in [0.1, 0.15) is 0 Å². The van der Waals surface area contributed by atoms with E-state index in [2.05, 4.69) is 40.9 Å². The molecule has 0 spiro atoms. The van der Waals surface area contributed by atoms with Crippen LogP contribution in [-0.4, -0.2) is 5.91 Å². The lowest BCUT2D eigenvalue weighted by atomic mass is 10.0. The predicted molar refractivity (Wildman–Crippen MR) is 81.5 cm³/mol. The third-order valence-corrected chi connectivity index (χ3v) is 5.65. The van der Waals surface area contributed by atoms with E-state index in [0.29, 0.717) is 17.8 Å². The molecule has 0 saturated heterocycles. The fourth-order valence-electron chi connectivity index (χ4n) is 3.34. The number of anilines is 1. The topological polar surface area (TPSA) is 29.1 Å². The molecule has 1 aromatic carbocycles. The van der Waals surface area contributed by atoms with Crippen LogP contribution in [0.3, 0.4) is 0 Å². The van der Waals surface area contributed by atoms with Crippen molar-refractivity contribution < 1.29 is 4.79 Å². The van der Waals surface area contributed by atoms with Gasteiger partial charge in [0.25, 0.3) is 0 Å². The molecule has 0 heterocycles. The zero-order valence-corrected chi connectivity index (χ0v) is 12.7. The molecule has 2 unspecified atom stereocenters. The molecule has 0 radical (unpaired) electrons. The minimum absolute atomic E-state index is 0.247. The van der Waals surface area contributed by atoms with Gasteiger partial charge in [-0.25, -0.2) is 0 Å². The van der Waals surface area contributed by atoms with Crippen LogP contribution in [0.25, 0.3) is 0 Å². The number of hydrogen-bond acceptors (Lipinski definition) is 1. The van der Waals surface area contributed by atoms with Crippen LogP contribution in [0.4, 0.5) is 5.69 Å². The molecule has 0 aromatic heterocycles. The molecule has 96 valence electrons.